The van der Waals surface area contributed by atoms with Gasteiger partial charge in [-0.05, 0) is 53.6 Å². The minimum Gasteiger partial charge on any atom is -0.493 e. The van der Waals surface area contributed by atoms with Gasteiger partial charge in [0, 0.05) is 37.0 Å². The van der Waals surface area contributed by atoms with Crippen LogP contribution in [-0.2, 0) is 23.8 Å². The number of fused-ring (bicyclic) bond motifs is 1. The summed E-state index contributed by atoms with van der Waals surface area (Å²) in [7, 11) is 0. The van der Waals surface area contributed by atoms with Gasteiger partial charge >= 0.3 is 6.18 Å². The average Bonchev–Trinajstić information content (AvgIpc) is 3.27. The number of amides is 1. The largest absolute Gasteiger partial charge is 0.493 e. The second-order valence-corrected chi connectivity index (χ2v) is 7.62. The van der Waals surface area contributed by atoms with Crippen LogP contribution in [0.4, 0.5) is 23.2 Å². The number of carbonyl (C=O) groups excluding carboxylic acids is 1. The number of anilines is 1. The van der Waals surface area contributed by atoms with E-state index in [-0.39, 0.29) is 18.5 Å². The van der Waals surface area contributed by atoms with Gasteiger partial charge in [0.15, 0.2) is 6.10 Å². The Morgan fingerprint density at radius 3 is 2.55 bits per heavy atom. The van der Waals surface area contributed by atoms with Crippen molar-refractivity contribution < 1.29 is 32.2 Å². The summed E-state index contributed by atoms with van der Waals surface area (Å²) in [5.74, 6) is -0.427. The van der Waals surface area contributed by atoms with Crippen LogP contribution >= 0.6 is 0 Å². The molecule has 1 aliphatic heterocycles. The fraction of sp³-hybridized carbons (Fsp3) is 0.250. The number of carbonyl (C=O) groups is 1. The third-order valence-electron chi connectivity index (χ3n) is 5.41. The Hall–Kier alpha value is -3.46. The molecule has 33 heavy (non-hydrogen) atoms. The third kappa shape index (κ3) is 5.14. The first-order valence-corrected chi connectivity index (χ1v) is 10.2. The fourth-order valence-electron chi connectivity index (χ4n) is 3.61. The van der Waals surface area contributed by atoms with Gasteiger partial charge in [0.2, 0.25) is 0 Å². The molecule has 0 bridgehead atoms. The highest BCUT2D eigenvalue weighted by atomic mass is 19.4. The summed E-state index contributed by atoms with van der Waals surface area (Å²) in [6, 6.07) is 12.3. The molecule has 1 aliphatic rings. The third-order valence-corrected chi connectivity index (χ3v) is 5.41. The van der Waals surface area contributed by atoms with Gasteiger partial charge in [-0.1, -0.05) is 12.1 Å². The second kappa shape index (κ2) is 9.19. The molecule has 1 atom stereocenters. The minimum absolute atomic E-state index is 0.0646. The van der Waals surface area contributed by atoms with Crippen LogP contribution in [0, 0.1) is 5.82 Å². The quantitative estimate of drug-likeness (QED) is 0.551. The van der Waals surface area contributed by atoms with Gasteiger partial charge in [-0.3, -0.25) is 9.78 Å². The Balaban J connectivity index is 1.58. The van der Waals surface area contributed by atoms with Crippen molar-refractivity contribution >= 4 is 11.6 Å². The molecule has 0 aliphatic carbocycles. The van der Waals surface area contributed by atoms with E-state index in [4.69, 9.17) is 4.74 Å². The number of halogens is 4. The molecular formula is C24H20F4N2O3. The number of hydrogen-bond donors (Lipinski definition) is 1. The Morgan fingerprint density at radius 1 is 1.12 bits per heavy atom. The average molecular weight is 460 g/mol. The summed E-state index contributed by atoms with van der Waals surface area (Å²) < 4.78 is 57.1. The molecule has 2 heterocycles. The van der Waals surface area contributed by atoms with Crippen molar-refractivity contribution in [1.82, 2.24) is 4.98 Å². The molecule has 3 aromatic rings. The van der Waals surface area contributed by atoms with E-state index in [2.05, 4.69) is 4.98 Å². The number of alkyl halides is 3. The summed E-state index contributed by atoms with van der Waals surface area (Å²) in [6.45, 7) is 0.593. The predicted molar refractivity (Wildman–Crippen MR) is 112 cm³/mol. The lowest BCUT2D eigenvalue weighted by atomic mass is 10.1. The lowest BCUT2D eigenvalue weighted by molar-refractivity contribution is -0.137. The topological polar surface area (TPSA) is 62.7 Å². The van der Waals surface area contributed by atoms with Gasteiger partial charge in [0.25, 0.3) is 5.91 Å². The number of benzene rings is 2. The highest BCUT2D eigenvalue weighted by Crippen LogP contribution is 2.31. The molecule has 0 spiro atoms. The van der Waals surface area contributed by atoms with Crippen LogP contribution in [0.1, 0.15) is 28.5 Å². The molecule has 0 radical (unpaired) electrons. The standard InChI is InChI=1S/C24H20F4N2O3/c25-18-4-1-15(2-5-18)22(31)23(32)30(20-7-8-21-16(13-20)10-12-33-21)11-9-19-6-3-17(14-29-19)24(26,27)28/h1-8,13-14,22,31H,9-12H2/t22-/m1/s1. The maximum atomic E-state index is 13.2. The van der Waals surface area contributed by atoms with Crippen LogP contribution < -0.4 is 9.64 Å². The molecule has 4 rings (SSSR count). The number of hydrogen-bond acceptors (Lipinski definition) is 4. The Bertz CT molecular complexity index is 1130. The van der Waals surface area contributed by atoms with Crippen molar-refractivity contribution in [2.75, 3.05) is 18.1 Å². The van der Waals surface area contributed by atoms with Crippen molar-refractivity contribution in [3.8, 4) is 5.75 Å². The lowest BCUT2D eigenvalue weighted by Crippen LogP contribution is -2.37. The van der Waals surface area contributed by atoms with E-state index >= 15 is 0 Å². The molecule has 5 nitrogen and oxygen atoms in total. The van der Waals surface area contributed by atoms with E-state index in [9.17, 15) is 27.5 Å². The van der Waals surface area contributed by atoms with Gasteiger partial charge in [-0.2, -0.15) is 13.2 Å². The number of pyridine rings is 1. The molecule has 0 unspecified atom stereocenters. The van der Waals surface area contributed by atoms with Crippen LogP contribution in [0.5, 0.6) is 5.75 Å². The fourth-order valence-corrected chi connectivity index (χ4v) is 3.61. The van der Waals surface area contributed by atoms with E-state index in [0.717, 1.165) is 35.7 Å². The lowest BCUT2D eigenvalue weighted by Gasteiger charge is -2.26. The van der Waals surface area contributed by atoms with E-state index in [1.165, 1.54) is 23.1 Å². The molecule has 0 saturated heterocycles. The molecule has 1 aromatic heterocycles. The van der Waals surface area contributed by atoms with E-state index in [1.54, 1.807) is 18.2 Å². The zero-order valence-corrected chi connectivity index (χ0v) is 17.3. The number of rotatable bonds is 6. The summed E-state index contributed by atoms with van der Waals surface area (Å²) >= 11 is 0. The van der Waals surface area contributed by atoms with Crippen molar-refractivity contribution in [3.63, 3.8) is 0 Å². The molecule has 2 aromatic carbocycles. The first-order chi connectivity index (χ1) is 15.7. The first-order valence-electron chi connectivity index (χ1n) is 10.2. The van der Waals surface area contributed by atoms with Gasteiger partial charge in [-0.25, -0.2) is 4.39 Å². The normalized spacial score (nSPS) is 13.8. The predicted octanol–water partition coefficient (Wildman–Crippen LogP) is 4.48. The Kier molecular flexibility index (Phi) is 6.33. The number of nitrogens with zero attached hydrogens (tertiary/aromatic N) is 2. The second-order valence-electron chi connectivity index (χ2n) is 7.62. The molecule has 9 heteroatoms. The monoisotopic (exact) mass is 460 g/mol. The van der Waals surface area contributed by atoms with Gasteiger partial charge in [0.05, 0.1) is 12.2 Å². The summed E-state index contributed by atoms with van der Waals surface area (Å²) in [6.07, 6.45) is -4.45. The molecule has 1 N–H and O–H groups in total. The van der Waals surface area contributed by atoms with Crippen LogP contribution in [0.2, 0.25) is 0 Å². The summed E-state index contributed by atoms with van der Waals surface area (Å²) in [4.78, 5) is 18.4. The van der Waals surface area contributed by atoms with Gasteiger partial charge in [0.1, 0.15) is 11.6 Å². The first kappa shape index (κ1) is 22.7. The summed E-state index contributed by atoms with van der Waals surface area (Å²) in [5, 5.41) is 10.6. The molecule has 1 amide bonds. The van der Waals surface area contributed by atoms with Gasteiger partial charge in [-0.15, -0.1) is 0 Å². The van der Waals surface area contributed by atoms with Crippen LogP contribution in [0.25, 0.3) is 0 Å². The van der Waals surface area contributed by atoms with Crippen LogP contribution in [0.3, 0.4) is 0 Å². The van der Waals surface area contributed by atoms with Crippen LogP contribution in [-0.4, -0.2) is 29.1 Å². The molecule has 172 valence electrons. The maximum absolute atomic E-state index is 13.2. The van der Waals surface area contributed by atoms with E-state index in [1.807, 2.05) is 0 Å². The number of aliphatic hydroxyl groups is 1. The SMILES string of the molecule is O=C([C@H](O)c1ccc(F)cc1)N(CCc1ccc(C(F)(F)F)cn1)c1ccc2c(c1)CCO2. The smallest absolute Gasteiger partial charge is 0.417 e. The summed E-state index contributed by atoms with van der Waals surface area (Å²) in [5.41, 5.74) is 1.15. The Labute approximate surface area is 187 Å². The highest BCUT2D eigenvalue weighted by molar-refractivity contribution is 5.97. The van der Waals surface area contributed by atoms with E-state index in [0.29, 0.717) is 24.4 Å². The van der Waals surface area contributed by atoms with Crippen molar-refractivity contribution in [3.05, 3.63) is 89.0 Å². The van der Waals surface area contributed by atoms with Crippen molar-refractivity contribution in [2.45, 2.75) is 25.1 Å². The van der Waals surface area contributed by atoms with Gasteiger partial charge < -0.3 is 14.7 Å². The maximum Gasteiger partial charge on any atom is 0.417 e. The number of aliphatic hydroxyl groups excluding tert-OH is 1. The zero-order chi connectivity index (χ0) is 23.6. The molecule has 0 saturated carbocycles. The minimum atomic E-state index is -4.49. The molecular weight excluding hydrogens is 440 g/mol. The van der Waals surface area contributed by atoms with Crippen molar-refractivity contribution in [1.29, 1.82) is 0 Å². The zero-order valence-electron chi connectivity index (χ0n) is 17.3. The molecule has 0 fully saturated rings. The highest BCUT2D eigenvalue weighted by Gasteiger charge is 2.31. The number of ether oxygens (including phenoxy) is 1. The number of aromatic nitrogens is 1. The van der Waals surface area contributed by atoms with Crippen molar-refractivity contribution in [2.24, 2.45) is 0 Å². The van der Waals surface area contributed by atoms with Crippen LogP contribution in [0.15, 0.2) is 60.8 Å². The Morgan fingerprint density at radius 2 is 1.88 bits per heavy atom. The van der Waals surface area contributed by atoms with E-state index < -0.39 is 29.6 Å².